The van der Waals surface area contributed by atoms with Crippen LogP contribution in [0.5, 0.6) is 0 Å². The van der Waals surface area contributed by atoms with Gasteiger partial charge in [0, 0.05) is 36.6 Å². The first-order valence-electron chi connectivity index (χ1n) is 9.56. The highest BCUT2D eigenvalue weighted by Gasteiger charge is 2.32. The second-order valence-corrected chi connectivity index (χ2v) is 7.95. The van der Waals surface area contributed by atoms with Gasteiger partial charge in [-0.15, -0.1) is 11.3 Å². The number of carbonyl (C=O) groups is 2. The van der Waals surface area contributed by atoms with Gasteiger partial charge in [0.05, 0.1) is 23.7 Å². The SMILES string of the molecule is Cc1ncsc1CCCNC(=O)CC1C(=O)NCCN1Cc1cccc(F)c1F. The number of piperazine rings is 1. The topological polar surface area (TPSA) is 74.3 Å². The Morgan fingerprint density at radius 2 is 2.24 bits per heavy atom. The molecule has 9 heteroatoms. The number of thiazole rings is 1. The number of benzene rings is 1. The minimum atomic E-state index is -0.922. The molecule has 0 radical (unpaired) electrons. The van der Waals surface area contributed by atoms with E-state index >= 15 is 0 Å². The number of nitrogens with one attached hydrogen (secondary N) is 2. The fourth-order valence-corrected chi connectivity index (χ4v) is 4.18. The van der Waals surface area contributed by atoms with Crippen molar-refractivity contribution in [3.05, 3.63) is 51.5 Å². The van der Waals surface area contributed by atoms with Crippen LogP contribution in [0.1, 0.15) is 29.0 Å². The smallest absolute Gasteiger partial charge is 0.237 e. The summed E-state index contributed by atoms with van der Waals surface area (Å²) in [5.41, 5.74) is 2.99. The number of hydrogen-bond donors (Lipinski definition) is 2. The molecule has 1 saturated heterocycles. The molecule has 1 aliphatic heterocycles. The van der Waals surface area contributed by atoms with Crippen LogP contribution in [0.3, 0.4) is 0 Å². The first-order valence-corrected chi connectivity index (χ1v) is 10.4. The summed E-state index contributed by atoms with van der Waals surface area (Å²) < 4.78 is 27.5. The molecule has 6 nitrogen and oxygen atoms in total. The van der Waals surface area contributed by atoms with Gasteiger partial charge in [-0.2, -0.15) is 0 Å². The first-order chi connectivity index (χ1) is 14.0. The predicted molar refractivity (Wildman–Crippen MR) is 106 cm³/mol. The van der Waals surface area contributed by atoms with Gasteiger partial charge < -0.3 is 10.6 Å². The number of rotatable bonds is 8. The maximum atomic E-state index is 14.0. The van der Waals surface area contributed by atoms with Crippen LogP contribution >= 0.6 is 11.3 Å². The molecule has 0 bridgehead atoms. The number of amides is 2. The van der Waals surface area contributed by atoms with Gasteiger partial charge in [-0.1, -0.05) is 12.1 Å². The van der Waals surface area contributed by atoms with Gasteiger partial charge in [-0.05, 0) is 25.8 Å². The van der Waals surface area contributed by atoms with Gasteiger partial charge in [-0.3, -0.25) is 14.5 Å². The molecule has 1 unspecified atom stereocenters. The van der Waals surface area contributed by atoms with Crippen LogP contribution in [-0.2, 0) is 22.6 Å². The average Bonchev–Trinajstić information content (AvgIpc) is 3.10. The third-order valence-electron chi connectivity index (χ3n) is 4.97. The lowest BCUT2D eigenvalue weighted by Crippen LogP contribution is -2.56. The number of carbonyl (C=O) groups excluding carboxylic acids is 2. The molecule has 2 heterocycles. The van der Waals surface area contributed by atoms with E-state index in [0.29, 0.717) is 19.6 Å². The van der Waals surface area contributed by atoms with Crippen LogP contribution < -0.4 is 10.6 Å². The van der Waals surface area contributed by atoms with E-state index in [0.717, 1.165) is 24.6 Å². The second-order valence-electron chi connectivity index (χ2n) is 7.01. The molecule has 1 aliphatic rings. The Labute approximate surface area is 172 Å². The van der Waals surface area contributed by atoms with Crippen molar-refractivity contribution >= 4 is 23.2 Å². The molecule has 1 aromatic heterocycles. The molecular weight excluding hydrogens is 398 g/mol. The zero-order valence-electron chi connectivity index (χ0n) is 16.2. The van der Waals surface area contributed by atoms with E-state index in [4.69, 9.17) is 0 Å². The van der Waals surface area contributed by atoms with Crippen LogP contribution in [0.15, 0.2) is 23.7 Å². The summed E-state index contributed by atoms with van der Waals surface area (Å²) in [6.45, 7) is 3.40. The van der Waals surface area contributed by atoms with E-state index < -0.39 is 17.7 Å². The van der Waals surface area contributed by atoms with Crippen LogP contribution in [0.2, 0.25) is 0 Å². The number of hydrogen-bond acceptors (Lipinski definition) is 5. The van der Waals surface area contributed by atoms with E-state index in [-0.39, 0.29) is 30.3 Å². The van der Waals surface area contributed by atoms with Crippen molar-refractivity contribution in [1.29, 1.82) is 0 Å². The van der Waals surface area contributed by atoms with Crippen molar-refractivity contribution < 1.29 is 18.4 Å². The van der Waals surface area contributed by atoms with Crippen molar-refractivity contribution in [2.45, 2.75) is 38.8 Å². The van der Waals surface area contributed by atoms with E-state index in [1.54, 1.807) is 21.7 Å². The number of nitrogens with zero attached hydrogens (tertiary/aromatic N) is 2. The highest BCUT2D eigenvalue weighted by atomic mass is 32.1. The largest absolute Gasteiger partial charge is 0.356 e. The summed E-state index contributed by atoms with van der Waals surface area (Å²) in [5.74, 6) is -2.35. The standard InChI is InChI=1S/C20H24F2N4O2S/c1-13-17(29-12-25-13)6-3-7-23-18(27)10-16-20(28)24-8-9-26(16)11-14-4-2-5-15(21)19(14)22/h2,4-5,12,16H,3,6-11H2,1H3,(H,23,27)(H,24,28). The molecule has 0 aliphatic carbocycles. The third-order valence-corrected chi connectivity index (χ3v) is 5.97. The van der Waals surface area contributed by atoms with Gasteiger partial charge in [0.2, 0.25) is 11.8 Å². The zero-order valence-corrected chi connectivity index (χ0v) is 17.0. The van der Waals surface area contributed by atoms with Crippen molar-refractivity contribution in [3.63, 3.8) is 0 Å². The third kappa shape index (κ3) is 5.57. The summed E-state index contributed by atoms with van der Waals surface area (Å²) in [4.78, 5) is 31.8. The molecule has 2 aromatic rings. The maximum Gasteiger partial charge on any atom is 0.237 e. The highest BCUT2D eigenvalue weighted by molar-refractivity contribution is 7.09. The van der Waals surface area contributed by atoms with E-state index in [9.17, 15) is 18.4 Å². The summed E-state index contributed by atoms with van der Waals surface area (Å²) >= 11 is 1.60. The van der Waals surface area contributed by atoms with Gasteiger partial charge in [-0.25, -0.2) is 13.8 Å². The van der Waals surface area contributed by atoms with Crippen molar-refractivity contribution in [2.24, 2.45) is 0 Å². The van der Waals surface area contributed by atoms with Crippen LogP contribution in [0, 0.1) is 18.6 Å². The van der Waals surface area contributed by atoms with Gasteiger partial charge in [0.1, 0.15) is 0 Å². The highest BCUT2D eigenvalue weighted by Crippen LogP contribution is 2.18. The fraction of sp³-hybridized carbons (Fsp3) is 0.450. The monoisotopic (exact) mass is 422 g/mol. The normalized spacial score (nSPS) is 17.2. The quantitative estimate of drug-likeness (QED) is 0.640. The molecule has 2 amide bonds. The Bertz CT molecular complexity index is 874. The van der Waals surface area contributed by atoms with Crippen LogP contribution in [0.4, 0.5) is 8.78 Å². The zero-order chi connectivity index (χ0) is 20.8. The van der Waals surface area contributed by atoms with E-state index in [1.165, 1.54) is 17.0 Å². The lowest BCUT2D eigenvalue weighted by molar-refractivity contribution is -0.134. The number of aryl methyl sites for hydroxylation is 2. The molecule has 29 heavy (non-hydrogen) atoms. The minimum absolute atomic E-state index is 0.0254. The van der Waals surface area contributed by atoms with E-state index in [1.807, 2.05) is 6.92 Å². The predicted octanol–water partition coefficient (Wildman–Crippen LogP) is 2.17. The van der Waals surface area contributed by atoms with Crippen LogP contribution in [-0.4, -0.2) is 47.4 Å². The molecule has 1 fully saturated rings. The summed E-state index contributed by atoms with van der Waals surface area (Å²) in [6.07, 6.45) is 1.60. The molecule has 1 atom stereocenters. The molecule has 0 spiro atoms. The molecule has 1 aromatic carbocycles. The Morgan fingerprint density at radius 3 is 3.00 bits per heavy atom. The lowest BCUT2D eigenvalue weighted by Gasteiger charge is -2.34. The van der Waals surface area contributed by atoms with Crippen molar-refractivity contribution in [2.75, 3.05) is 19.6 Å². The van der Waals surface area contributed by atoms with E-state index in [2.05, 4.69) is 15.6 Å². The molecular formula is C20H24F2N4O2S. The second kappa shape index (κ2) is 9.89. The Hall–Kier alpha value is -2.39. The molecule has 0 saturated carbocycles. The molecule has 3 rings (SSSR count). The summed E-state index contributed by atoms with van der Waals surface area (Å²) in [6, 6.07) is 3.27. The van der Waals surface area contributed by atoms with Crippen LogP contribution in [0.25, 0.3) is 0 Å². The number of halogens is 2. The molecule has 2 N–H and O–H groups in total. The maximum absolute atomic E-state index is 14.0. The average molecular weight is 423 g/mol. The number of aromatic nitrogens is 1. The summed E-state index contributed by atoms with van der Waals surface area (Å²) in [5, 5.41) is 5.58. The van der Waals surface area contributed by atoms with Crippen molar-refractivity contribution in [3.8, 4) is 0 Å². The van der Waals surface area contributed by atoms with Gasteiger partial charge >= 0.3 is 0 Å². The first kappa shape index (κ1) is 21.3. The van der Waals surface area contributed by atoms with Crippen molar-refractivity contribution in [1.82, 2.24) is 20.5 Å². The Balaban J connectivity index is 1.53. The van der Waals surface area contributed by atoms with Gasteiger partial charge in [0.25, 0.3) is 0 Å². The lowest BCUT2D eigenvalue weighted by atomic mass is 10.1. The Kier molecular flexibility index (Phi) is 7.27. The Morgan fingerprint density at radius 1 is 1.41 bits per heavy atom. The summed E-state index contributed by atoms with van der Waals surface area (Å²) in [7, 11) is 0. The fourth-order valence-electron chi connectivity index (χ4n) is 3.35. The minimum Gasteiger partial charge on any atom is -0.356 e. The molecule has 156 valence electrons. The van der Waals surface area contributed by atoms with Gasteiger partial charge in [0.15, 0.2) is 11.6 Å².